The molecule has 3 heteroatoms. The molecule has 2 nitrogen and oxygen atoms in total. The second-order valence-corrected chi connectivity index (χ2v) is 5.54. The number of benzene rings is 1. The normalized spacial score (nSPS) is 12.7. The fraction of sp³-hybridized carbons (Fsp3) is 0.625. The number of halogens is 1. The molecule has 0 spiro atoms. The van der Waals surface area contributed by atoms with Gasteiger partial charge in [0.05, 0.1) is 12.5 Å². The smallest absolute Gasteiger partial charge is 0.123 e. The lowest BCUT2D eigenvalue weighted by atomic mass is 10.1. The van der Waals surface area contributed by atoms with E-state index < -0.39 is 0 Å². The maximum atomic E-state index is 6.61. The number of nitrogens with zero attached hydrogens (tertiary/aromatic N) is 1. The zero-order chi connectivity index (χ0) is 14.3. The lowest BCUT2D eigenvalue weighted by Gasteiger charge is -2.25. The van der Waals surface area contributed by atoms with Crippen molar-refractivity contribution in [2.75, 3.05) is 26.7 Å². The average molecular weight is 284 g/mol. The second kappa shape index (κ2) is 8.44. The topological polar surface area (TPSA) is 12.5 Å². The Hall–Kier alpha value is -0.730. The summed E-state index contributed by atoms with van der Waals surface area (Å²) in [6.07, 6.45) is 2.32. The van der Waals surface area contributed by atoms with Crippen LogP contribution in [0.4, 0.5) is 0 Å². The standard InChI is InChI=1S/C16H26ClNO/c1-5-9-18(10-6-2)12-15(17)14-11-13(3)7-8-16(14)19-4/h7-8,11,15H,5-6,9-10,12H2,1-4H3. The molecule has 1 aromatic rings. The Bertz CT molecular complexity index is 375. The monoisotopic (exact) mass is 283 g/mol. The Morgan fingerprint density at radius 1 is 1.21 bits per heavy atom. The van der Waals surface area contributed by atoms with E-state index in [4.69, 9.17) is 16.3 Å². The van der Waals surface area contributed by atoms with Gasteiger partial charge in [-0.25, -0.2) is 0 Å². The fourth-order valence-electron chi connectivity index (χ4n) is 2.35. The number of alkyl halides is 1. The van der Waals surface area contributed by atoms with Crippen molar-refractivity contribution in [3.05, 3.63) is 29.3 Å². The summed E-state index contributed by atoms with van der Waals surface area (Å²) in [6, 6.07) is 6.19. The first-order valence-corrected chi connectivity index (χ1v) is 7.56. The molecule has 0 bridgehead atoms. The third-order valence-corrected chi connectivity index (χ3v) is 3.59. The Labute approximate surface area is 122 Å². The second-order valence-electron chi connectivity index (χ2n) is 5.01. The van der Waals surface area contributed by atoms with E-state index in [0.29, 0.717) is 0 Å². The molecule has 0 aliphatic heterocycles. The van der Waals surface area contributed by atoms with Gasteiger partial charge < -0.3 is 9.64 Å². The van der Waals surface area contributed by atoms with Gasteiger partial charge in [-0.15, -0.1) is 11.6 Å². The Morgan fingerprint density at radius 3 is 2.37 bits per heavy atom. The van der Waals surface area contributed by atoms with Gasteiger partial charge in [0, 0.05) is 12.1 Å². The summed E-state index contributed by atoms with van der Waals surface area (Å²) >= 11 is 6.61. The predicted molar refractivity (Wildman–Crippen MR) is 83.3 cm³/mol. The first-order chi connectivity index (χ1) is 9.12. The quantitative estimate of drug-likeness (QED) is 0.656. The van der Waals surface area contributed by atoms with Gasteiger partial charge in [0.15, 0.2) is 0 Å². The lowest BCUT2D eigenvalue weighted by Crippen LogP contribution is -2.29. The Kier molecular flexibility index (Phi) is 7.25. The van der Waals surface area contributed by atoms with Gasteiger partial charge in [-0.3, -0.25) is 0 Å². The zero-order valence-corrected chi connectivity index (χ0v) is 13.3. The van der Waals surface area contributed by atoms with E-state index in [1.54, 1.807) is 7.11 Å². The zero-order valence-electron chi connectivity index (χ0n) is 12.6. The molecule has 0 N–H and O–H groups in total. The van der Waals surface area contributed by atoms with Crippen molar-refractivity contribution in [3.8, 4) is 5.75 Å². The van der Waals surface area contributed by atoms with Crippen molar-refractivity contribution in [1.82, 2.24) is 4.90 Å². The van der Waals surface area contributed by atoms with Gasteiger partial charge in [0.25, 0.3) is 0 Å². The van der Waals surface area contributed by atoms with Crippen molar-refractivity contribution >= 4 is 11.6 Å². The van der Waals surface area contributed by atoms with E-state index in [1.807, 2.05) is 6.07 Å². The van der Waals surface area contributed by atoms with Crippen LogP contribution in [-0.2, 0) is 0 Å². The summed E-state index contributed by atoms with van der Waals surface area (Å²) in [7, 11) is 1.70. The summed E-state index contributed by atoms with van der Waals surface area (Å²) in [6.45, 7) is 9.58. The molecular weight excluding hydrogens is 258 g/mol. The van der Waals surface area contributed by atoms with E-state index in [-0.39, 0.29) is 5.38 Å². The number of hydrogen-bond acceptors (Lipinski definition) is 2. The molecule has 1 aromatic carbocycles. The maximum absolute atomic E-state index is 6.61. The number of methoxy groups -OCH3 is 1. The molecule has 0 radical (unpaired) electrons. The molecule has 0 aliphatic rings. The van der Waals surface area contributed by atoms with Crippen LogP contribution >= 0.6 is 11.6 Å². The lowest BCUT2D eigenvalue weighted by molar-refractivity contribution is 0.273. The van der Waals surface area contributed by atoms with E-state index >= 15 is 0 Å². The summed E-state index contributed by atoms with van der Waals surface area (Å²) in [4.78, 5) is 2.43. The third-order valence-electron chi connectivity index (χ3n) is 3.22. The molecular formula is C16H26ClNO. The Balaban J connectivity index is 2.80. The summed E-state index contributed by atoms with van der Waals surface area (Å²) in [5.41, 5.74) is 2.32. The van der Waals surface area contributed by atoms with Crippen molar-refractivity contribution in [2.45, 2.75) is 39.0 Å². The predicted octanol–water partition coefficient (Wildman–Crippen LogP) is 4.41. The molecule has 108 valence electrons. The summed E-state index contributed by atoms with van der Waals surface area (Å²) < 4.78 is 5.42. The molecule has 0 fully saturated rings. The Morgan fingerprint density at radius 2 is 1.84 bits per heavy atom. The van der Waals surface area contributed by atoms with Crippen LogP contribution in [0.2, 0.25) is 0 Å². The van der Waals surface area contributed by atoms with Crippen LogP contribution in [0.25, 0.3) is 0 Å². The van der Waals surface area contributed by atoms with Gasteiger partial charge in [-0.1, -0.05) is 31.5 Å². The largest absolute Gasteiger partial charge is 0.496 e. The fourth-order valence-corrected chi connectivity index (χ4v) is 2.72. The maximum Gasteiger partial charge on any atom is 0.123 e. The first-order valence-electron chi connectivity index (χ1n) is 7.13. The van der Waals surface area contributed by atoms with Crippen molar-refractivity contribution < 1.29 is 4.74 Å². The highest BCUT2D eigenvalue weighted by Crippen LogP contribution is 2.31. The highest BCUT2D eigenvalue weighted by molar-refractivity contribution is 6.21. The van der Waals surface area contributed by atoms with Crippen LogP contribution in [-0.4, -0.2) is 31.6 Å². The molecule has 0 heterocycles. The molecule has 1 unspecified atom stereocenters. The van der Waals surface area contributed by atoms with E-state index in [9.17, 15) is 0 Å². The van der Waals surface area contributed by atoms with Crippen molar-refractivity contribution in [3.63, 3.8) is 0 Å². The highest BCUT2D eigenvalue weighted by atomic mass is 35.5. The third kappa shape index (κ3) is 5.04. The number of rotatable bonds is 8. The number of ether oxygens (including phenoxy) is 1. The number of hydrogen-bond donors (Lipinski definition) is 0. The highest BCUT2D eigenvalue weighted by Gasteiger charge is 2.17. The molecule has 0 amide bonds. The van der Waals surface area contributed by atoms with Crippen LogP contribution in [0, 0.1) is 6.92 Å². The minimum atomic E-state index is -0.0204. The van der Waals surface area contributed by atoms with Gasteiger partial charge in [0.1, 0.15) is 5.75 Å². The average Bonchev–Trinajstić information content (AvgIpc) is 2.39. The molecule has 1 atom stereocenters. The molecule has 1 rings (SSSR count). The van der Waals surface area contributed by atoms with Crippen molar-refractivity contribution in [2.24, 2.45) is 0 Å². The van der Waals surface area contributed by atoms with Gasteiger partial charge in [-0.05, 0) is 38.9 Å². The first kappa shape index (κ1) is 16.3. The van der Waals surface area contributed by atoms with Crippen LogP contribution in [0.5, 0.6) is 5.75 Å². The van der Waals surface area contributed by atoms with Crippen molar-refractivity contribution in [1.29, 1.82) is 0 Å². The molecule has 0 saturated heterocycles. The van der Waals surface area contributed by atoms with Gasteiger partial charge in [-0.2, -0.15) is 0 Å². The SMILES string of the molecule is CCCN(CCC)CC(Cl)c1cc(C)ccc1OC. The van der Waals surface area contributed by atoms with Crippen LogP contribution in [0.1, 0.15) is 43.2 Å². The number of aryl methyl sites for hydroxylation is 1. The summed E-state index contributed by atoms with van der Waals surface area (Å²) in [5, 5.41) is -0.0204. The van der Waals surface area contributed by atoms with E-state index in [0.717, 1.165) is 43.8 Å². The molecule has 19 heavy (non-hydrogen) atoms. The molecule has 0 aromatic heterocycles. The minimum Gasteiger partial charge on any atom is -0.496 e. The van der Waals surface area contributed by atoms with Crippen LogP contribution < -0.4 is 4.74 Å². The van der Waals surface area contributed by atoms with Gasteiger partial charge in [0.2, 0.25) is 0 Å². The summed E-state index contributed by atoms with van der Waals surface area (Å²) in [5.74, 6) is 0.888. The van der Waals surface area contributed by atoms with Crippen LogP contribution in [0.3, 0.4) is 0 Å². The van der Waals surface area contributed by atoms with E-state index in [1.165, 1.54) is 5.56 Å². The van der Waals surface area contributed by atoms with Crippen LogP contribution in [0.15, 0.2) is 18.2 Å². The van der Waals surface area contributed by atoms with E-state index in [2.05, 4.69) is 37.8 Å². The minimum absolute atomic E-state index is 0.0204. The molecule has 0 aliphatic carbocycles. The van der Waals surface area contributed by atoms with Gasteiger partial charge >= 0.3 is 0 Å². The molecule has 0 saturated carbocycles.